The van der Waals surface area contributed by atoms with E-state index in [0.29, 0.717) is 6.10 Å². The minimum atomic E-state index is 0.239. The number of pyridine rings is 1. The first-order chi connectivity index (χ1) is 13.2. The number of hydrogen-bond acceptors (Lipinski definition) is 5. The van der Waals surface area contributed by atoms with Gasteiger partial charge in [0.25, 0.3) is 0 Å². The maximum atomic E-state index is 5.54. The lowest BCUT2D eigenvalue weighted by Crippen LogP contribution is -2.52. The number of hydrogen-bond donors (Lipinski definition) is 0. The van der Waals surface area contributed by atoms with Gasteiger partial charge in [-0.25, -0.2) is 4.98 Å². The molecule has 4 rings (SSSR count). The molecule has 0 radical (unpaired) electrons. The number of methoxy groups -OCH3 is 2. The normalized spacial score (nSPS) is 16.4. The van der Waals surface area contributed by atoms with E-state index >= 15 is 0 Å². The predicted octanol–water partition coefficient (Wildman–Crippen LogP) is 4.33. The largest absolute Gasteiger partial charge is 0.481 e. The number of rotatable bonds is 7. The van der Waals surface area contributed by atoms with Gasteiger partial charge in [0, 0.05) is 54.0 Å². The van der Waals surface area contributed by atoms with Gasteiger partial charge in [0.05, 0.1) is 13.2 Å². The van der Waals surface area contributed by atoms with E-state index in [2.05, 4.69) is 47.1 Å². The lowest BCUT2D eigenvalue weighted by atomic mass is 9.90. The molecule has 0 N–H and O–H groups in total. The molecule has 5 heteroatoms. The summed E-state index contributed by atoms with van der Waals surface area (Å²) in [5.74, 6) is 0.958. The zero-order chi connectivity index (χ0) is 18.8. The van der Waals surface area contributed by atoms with Gasteiger partial charge in [0.1, 0.15) is 0 Å². The standard InChI is InChI=1S/C22H26N2O2S/c1-15(17-8-6-11-23-22(17)26-3)21-18-7-4-5-9-19(18)27-20(21)10-12-24-13-16(14-24)25-2/h4-9,11,15-16H,10,12-14H2,1-3H3/t15-/m0/s1. The summed E-state index contributed by atoms with van der Waals surface area (Å²) in [6, 6.07) is 12.9. The Morgan fingerprint density at radius 2 is 2.00 bits per heavy atom. The van der Waals surface area contributed by atoms with Gasteiger partial charge in [-0.1, -0.05) is 31.2 Å². The summed E-state index contributed by atoms with van der Waals surface area (Å²) in [5.41, 5.74) is 2.57. The average Bonchev–Trinajstić information content (AvgIpc) is 3.04. The molecule has 4 nitrogen and oxygen atoms in total. The van der Waals surface area contributed by atoms with Crippen molar-refractivity contribution < 1.29 is 9.47 Å². The number of fused-ring (bicyclic) bond motifs is 1. The molecule has 0 spiro atoms. The van der Waals surface area contributed by atoms with Crippen LogP contribution in [0.4, 0.5) is 0 Å². The van der Waals surface area contributed by atoms with Crippen molar-refractivity contribution in [2.45, 2.75) is 25.4 Å². The lowest BCUT2D eigenvalue weighted by Gasteiger charge is -2.38. The van der Waals surface area contributed by atoms with Gasteiger partial charge in [-0.05, 0) is 29.5 Å². The molecule has 0 amide bonds. The quantitative estimate of drug-likeness (QED) is 0.609. The van der Waals surface area contributed by atoms with Crippen LogP contribution in [0, 0.1) is 0 Å². The van der Waals surface area contributed by atoms with E-state index < -0.39 is 0 Å². The van der Waals surface area contributed by atoms with E-state index in [1.54, 1.807) is 20.4 Å². The Hall–Kier alpha value is -1.95. The van der Waals surface area contributed by atoms with Crippen LogP contribution in [0.3, 0.4) is 0 Å². The summed E-state index contributed by atoms with van der Waals surface area (Å²) < 4.78 is 12.3. The highest BCUT2D eigenvalue weighted by atomic mass is 32.1. The fourth-order valence-corrected chi connectivity index (χ4v) is 5.24. The van der Waals surface area contributed by atoms with Gasteiger partial charge in [0.15, 0.2) is 0 Å². The van der Waals surface area contributed by atoms with Gasteiger partial charge >= 0.3 is 0 Å². The Balaban J connectivity index is 1.66. The zero-order valence-electron chi connectivity index (χ0n) is 16.1. The van der Waals surface area contributed by atoms with E-state index in [1.165, 1.54) is 20.5 Å². The van der Waals surface area contributed by atoms with Crippen LogP contribution < -0.4 is 4.74 Å². The maximum Gasteiger partial charge on any atom is 0.216 e. The monoisotopic (exact) mass is 382 g/mol. The van der Waals surface area contributed by atoms with Crippen molar-refractivity contribution in [1.29, 1.82) is 0 Å². The third-order valence-electron chi connectivity index (χ3n) is 5.52. The summed E-state index contributed by atoms with van der Waals surface area (Å²) in [4.78, 5) is 8.35. The number of likely N-dealkylation sites (tertiary alicyclic amines) is 1. The molecule has 1 saturated heterocycles. The summed E-state index contributed by atoms with van der Waals surface area (Å²) >= 11 is 1.92. The van der Waals surface area contributed by atoms with Gasteiger partial charge in [0.2, 0.25) is 5.88 Å². The molecule has 142 valence electrons. The average molecular weight is 383 g/mol. The van der Waals surface area contributed by atoms with Crippen molar-refractivity contribution in [1.82, 2.24) is 9.88 Å². The Morgan fingerprint density at radius 1 is 1.19 bits per heavy atom. The number of ether oxygens (including phenoxy) is 2. The second-order valence-electron chi connectivity index (χ2n) is 7.13. The molecule has 0 saturated carbocycles. The van der Waals surface area contributed by atoms with E-state index in [9.17, 15) is 0 Å². The third kappa shape index (κ3) is 3.59. The molecule has 0 bridgehead atoms. The Bertz CT molecular complexity index is 918. The van der Waals surface area contributed by atoms with Crippen LogP contribution in [0.2, 0.25) is 0 Å². The van der Waals surface area contributed by atoms with E-state index in [1.807, 2.05) is 17.4 Å². The molecular formula is C22H26N2O2S. The van der Waals surface area contributed by atoms with Gasteiger partial charge < -0.3 is 9.47 Å². The number of thiophene rings is 1. The third-order valence-corrected chi connectivity index (χ3v) is 6.76. The number of aromatic nitrogens is 1. The summed E-state index contributed by atoms with van der Waals surface area (Å²) in [6.07, 6.45) is 3.26. The number of benzene rings is 1. The first-order valence-corrected chi connectivity index (χ1v) is 10.3. The second-order valence-corrected chi connectivity index (χ2v) is 8.26. The molecule has 1 atom stereocenters. The highest BCUT2D eigenvalue weighted by Crippen LogP contribution is 2.41. The van der Waals surface area contributed by atoms with Crippen LogP contribution in [-0.2, 0) is 11.2 Å². The second kappa shape index (κ2) is 7.97. The van der Waals surface area contributed by atoms with Crippen molar-refractivity contribution in [3.63, 3.8) is 0 Å². The van der Waals surface area contributed by atoms with Crippen molar-refractivity contribution >= 4 is 21.4 Å². The fourth-order valence-electron chi connectivity index (χ4n) is 3.95. The highest BCUT2D eigenvalue weighted by Gasteiger charge is 2.27. The molecule has 1 aliphatic rings. The highest BCUT2D eigenvalue weighted by molar-refractivity contribution is 7.19. The van der Waals surface area contributed by atoms with Crippen LogP contribution in [-0.4, -0.2) is 49.8 Å². The minimum Gasteiger partial charge on any atom is -0.481 e. The van der Waals surface area contributed by atoms with Gasteiger partial charge in [-0.15, -0.1) is 11.3 Å². The molecule has 3 aromatic rings. The van der Waals surface area contributed by atoms with Gasteiger partial charge in [-0.2, -0.15) is 0 Å². The fraction of sp³-hybridized carbons (Fsp3) is 0.409. The smallest absolute Gasteiger partial charge is 0.216 e. The maximum absolute atomic E-state index is 5.54. The van der Waals surface area contributed by atoms with Crippen molar-refractivity contribution in [3.05, 3.63) is 58.6 Å². The zero-order valence-corrected chi connectivity index (χ0v) is 17.0. The Labute approximate surface area is 164 Å². The SMILES string of the molecule is COc1ncccc1[C@H](C)c1c(CCN2CC(OC)C2)sc2ccccc12. The first kappa shape index (κ1) is 18.4. The minimum absolute atomic E-state index is 0.239. The summed E-state index contributed by atoms with van der Waals surface area (Å²) in [7, 11) is 3.50. The number of nitrogens with zero attached hydrogens (tertiary/aromatic N) is 2. The first-order valence-electron chi connectivity index (χ1n) is 9.45. The van der Waals surface area contributed by atoms with E-state index in [0.717, 1.165) is 37.5 Å². The van der Waals surface area contributed by atoms with Crippen LogP contribution >= 0.6 is 11.3 Å². The van der Waals surface area contributed by atoms with Crippen LogP contribution in [0.1, 0.15) is 28.8 Å². The van der Waals surface area contributed by atoms with Crippen LogP contribution in [0.5, 0.6) is 5.88 Å². The van der Waals surface area contributed by atoms with Crippen molar-refractivity contribution in [3.8, 4) is 5.88 Å². The molecule has 0 aliphatic carbocycles. The Morgan fingerprint density at radius 3 is 2.78 bits per heavy atom. The Kier molecular flexibility index (Phi) is 5.43. The lowest BCUT2D eigenvalue weighted by molar-refractivity contribution is -0.0284. The van der Waals surface area contributed by atoms with E-state index in [4.69, 9.17) is 9.47 Å². The van der Waals surface area contributed by atoms with Crippen molar-refractivity contribution in [2.75, 3.05) is 33.9 Å². The molecule has 27 heavy (non-hydrogen) atoms. The molecule has 3 heterocycles. The van der Waals surface area contributed by atoms with Gasteiger partial charge in [-0.3, -0.25) is 4.90 Å². The summed E-state index contributed by atoms with van der Waals surface area (Å²) in [6.45, 7) is 5.43. The van der Waals surface area contributed by atoms with Crippen molar-refractivity contribution in [2.24, 2.45) is 0 Å². The topological polar surface area (TPSA) is 34.6 Å². The van der Waals surface area contributed by atoms with E-state index in [-0.39, 0.29) is 5.92 Å². The molecule has 1 aromatic carbocycles. The molecule has 2 aromatic heterocycles. The molecular weight excluding hydrogens is 356 g/mol. The molecule has 1 aliphatic heterocycles. The molecule has 0 unspecified atom stereocenters. The van der Waals surface area contributed by atoms with Crippen LogP contribution in [0.25, 0.3) is 10.1 Å². The molecule has 1 fully saturated rings. The summed E-state index contributed by atoms with van der Waals surface area (Å²) in [5, 5.41) is 1.36. The predicted molar refractivity (Wildman–Crippen MR) is 111 cm³/mol. The van der Waals surface area contributed by atoms with Crippen LogP contribution in [0.15, 0.2) is 42.6 Å².